The molecule has 2 aromatic rings. The molecule has 0 aliphatic carbocycles. The van der Waals surface area contributed by atoms with Gasteiger partial charge in [-0.2, -0.15) is 5.10 Å². The third kappa shape index (κ3) is 7.31. The normalized spacial score (nSPS) is 12.1. The van der Waals surface area contributed by atoms with E-state index >= 15 is 0 Å². The Morgan fingerprint density at radius 2 is 1.92 bits per heavy atom. The Balaban J connectivity index is 1.73. The van der Waals surface area contributed by atoms with Gasteiger partial charge < -0.3 is 4.74 Å². The third-order valence-electron chi connectivity index (χ3n) is 3.75. The Kier molecular flexibility index (Phi) is 8.76. The molecule has 138 valence electrons. The number of hydrazone groups is 1. The zero-order valence-corrected chi connectivity index (χ0v) is 16.2. The van der Waals surface area contributed by atoms with Crippen molar-refractivity contribution < 1.29 is 9.53 Å². The minimum Gasteiger partial charge on any atom is -0.494 e. The maximum absolute atomic E-state index is 12.1. The number of rotatable bonds is 10. The second kappa shape index (κ2) is 11.4. The average molecular weight is 371 g/mol. The number of ether oxygens (including phenoxy) is 1. The molecule has 0 saturated heterocycles. The second-order valence-electron chi connectivity index (χ2n) is 5.94. The van der Waals surface area contributed by atoms with Gasteiger partial charge in [0, 0.05) is 5.75 Å². The number of hydrogen-bond donors (Lipinski definition) is 1. The lowest BCUT2D eigenvalue weighted by Crippen LogP contribution is -2.26. The van der Waals surface area contributed by atoms with Crippen molar-refractivity contribution in [3.05, 3.63) is 65.7 Å². The molecule has 0 heterocycles. The summed E-state index contributed by atoms with van der Waals surface area (Å²) in [5, 5.41) is 3.88. The third-order valence-corrected chi connectivity index (χ3v) is 4.96. The number of amides is 1. The smallest absolute Gasteiger partial charge is 0.252 e. The van der Waals surface area contributed by atoms with E-state index in [0.29, 0.717) is 0 Å². The Morgan fingerprint density at radius 3 is 2.62 bits per heavy atom. The lowest BCUT2D eigenvalue weighted by Gasteiger charge is -2.09. The summed E-state index contributed by atoms with van der Waals surface area (Å²) in [7, 11) is 0. The molecule has 2 rings (SSSR count). The topological polar surface area (TPSA) is 50.7 Å². The van der Waals surface area contributed by atoms with Crippen molar-refractivity contribution >= 4 is 23.9 Å². The number of carbonyl (C=O) groups excluding carboxylic acids is 1. The van der Waals surface area contributed by atoms with Crippen LogP contribution in [0.2, 0.25) is 0 Å². The van der Waals surface area contributed by atoms with Crippen LogP contribution >= 0.6 is 11.8 Å². The maximum atomic E-state index is 12.1. The summed E-state index contributed by atoms with van der Waals surface area (Å²) in [4.78, 5) is 12.1. The van der Waals surface area contributed by atoms with E-state index < -0.39 is 0 Å². The summed E-state index contributed by atoms with van der Waals surface area (Å²) in [5.74, 6) is 1.56. The highest BCUT2D eigenvalue weighted by molar-refractivity contribution is 7.99. The van der Waals surface area contributed by atoms with E-state index in [1.807, 2.05) is 49.4 Å². The molecule has 1 unspecified atom stereocenters. The first-order valence-electron chi connectivity index (χ1n) is 8.90. The van der Waals surface area contributed by atoms with Crippen molar-refractivity contribution in [3.63, 3.8) is 0 Å². The van der Waals surface area contributed by atoms with Crippen LogP contribution in [0.15, 0.2) is 59.7 Å². The van der Waals surface area contributed by atoms with Gasteiger partial charge in [0.05, 0.1) is 18.1 Å². The lowest BCUT2D eigenvalue weighted by atomic mass is 10.2. The molecule has 0 aliphatic rings. The van der Waals surface area contributed by atoms with E-state index in [-0.39, 0.29) is 11.2 Å². The largest absolute Gasteiger partial charge is 0.494 e. The second-order valence-corrected chi connectivity index (χ2v) is 7.27. The predicted molar refractivity (Wildman–Crippen MR) is 110 cm³/mol. The fourth-order valence-electron chi connectivity index (χ4n) is 2.12. The van der Waals surface area contributed by atoms with Crippen molar-refractivity contribution in [1.29, 1.82) is 0 Å². The van der Waals surface area contributed by atoms with Crippen LogP contribution in [0.25, 0.3) is 0 Å². The molecule has 1 amide bonds. The van der Waals surface area contributed by atoms with Gasteiger partial charge in [-0.3, -0.25) is 4.79 Å². The molecule has 0 fully saturated rings. The maximum Gasteiger partial charge on any atom is 0.252 e. The van der Waals surface area contributed by atoms with Crippen molar-refractivity contribution in [2.75, 3.05) is 6.61 Å². The summed E-state index contributed by atoms with van der Waals surface area (Å²) in [5.41, 5.74) is 4.73. The highest BCUT2D eigenvalue weighted by Crippen LogP contribution is 2.17. The zero-order chi connectivity index (χ0) is 18.6. The molecule has 1 N–H and O–H groups in total. The lowest BCUT2D eigenvalue weighted by molar-refractivity contribution is -0.120. The molecule has 5 heteroatoms. The van der Waals surface area contributed by atoms with E-state index in [1.54, 1.807) is 18.0 Å². The molecule has 26 heavy (non-hydrogen) atoms. The van der Waals surface area contributed by atoms with Crippen molar-refractivity contribution in [2.45, 2.75) is 37.7 Å². The number of thioether (sulfide) groups is 1. The number of carbonyl (C=O) groups is 1. The molecule has 4 nitrogen and oxygen atoms in total. The first-order chi connectivity index (χ1) is 12.7. The fraction of sp³-hybridized carbons (Fsp3) is 0.333. The van der Waals surface area contributed by atoms with Crippen LogP contribution in [0.1, 0.15) is 37.8 Å². The quantitative estimate of drug-likeness (QED) is 0.377. The minimum atomic E-state index is -0.165. The van der Waals surface area contributed by atoms with Gasteiger partial charge in [-0.05, 0) is 48.7 Å². The summed E-state index contributed by atoms with van der Waals surface area (Å²) in [6.45, 7) is 4.76. The van der Waals surface area contributed by atoms with Crippen LogP contribution in [-0.4, -0.2) is 24.0 Å². The average Bonchev–Trinajstić information content (AvgIpc) is 2.68. The molecule has 0 aliphatic heterocycles. The monoisotopic (exact) mass is 370 g/mol. The van der Waals surface area contributed by atoms with Crippen LogP contribution in [0.4, 0.5) is 0 Å². The molecule has 0 saturated carbocycles. The standard InChI is InChI=1S/C21H26N2O2S/c1-3-4-14-25-20-12-10-18(11-13-20)15-22-23-21(24)17(2)26-16-19-8-6-5-7-9-19/h5-13,15,17H,3-4,14,16H2,1-2H3,(H,23,24)/b22-15+. The van der Waals surface area contributed by atoms with Crippen molar-refractivity contribution in [3.8, 4) is 5.75 Å². The first kappa shape index (κ1) is 20.0. The van der Waals surface area contributed by atoms with E-state index in [9.17, 15) is 4.79 Å². The van der Waals surface area contributed by atoms with Gasteiger partial charge in [0.25, 0.3) is 5.91 Å². The van der Waals surface area contributed by atoms with Gasteiger partial charge >= 0.3 is 0 Å². The fourth-order valence-corrected chi connectivity index (χ4v) is 2.96. The van der Waals surface area contributed by atoms with Gasteiger partial charge in [-0.15, -0.1) is 11.8 Å². The number of nitrogens with one attached hydrogen (secondary N) is 1. The van der Waals surface area contributed by atoms with Crippen molar-refractivity contribution in [1.82, 2.24) is 5.43 Å². The van der Waals surface area contributed by atoms with Crippen LogP contribution in [-0.2, 0) is 10.5 Å². The summed E-state index contributed by atoms with van der Waals surface area (Å²) in [6, 6.07) is 17.8. The van der Waals surface area contributed by atoms with Gasteiger partial charge in [0.15, 0.2) is 0 Å². The van der Waals surface area contributed by atoms with Crippen molar-refractivity contribution in [2.24, 2.45) is 5.10 Å². The molecular weight excluding hydrogens is 344 g/mol. The molecule has 1 atom stereocenters. The predicted octanol–water partition coefficient (Wildman–Crippen LogP) is 4.64. The molecule has 0 aromatic heterocycles. The van der Waals surface area contributed by atoms with Crippen LogP contribution in [0, 0.1) is 0 Å². The summed E-state index contributed by atoms with van der Waals surface area (Å²) in [6.07, 6.45) is 3.81. The highest BCUT2D eigenvalue weighted by Gasteiger charge is 2.12. The van der Waals surface area contributed by atoms with E-state index in [4.69, 9.17) is 4.74 Å². The number of unbranched alkanes of at least 4 members (excludes halogenated alkanes) is 1. The minimum absolute atomic E-state index is 0.0956. The molecule has 2 aromatic carbocycles. The Labute approximate surface area is 160 Å². The summed E-state index contributed by atoms with van der Waals surface area (Å²) < 4.78 is 5.62. The van der Waals surface area contributed by atoms with E-state index in [0.717, 1.165) is 36.5 Å². The van der Waals surface area contributed by atoms with Gasteiger partial charge in [0.1, 0.15) is 5.75 Å². The first-order valence-corrected chi connectivity index (χ1v) is 9.95. The molecule has 0 spiro atoms. The van der Waals surface area contributed by atoms with Gasteiger partial charge in [-0.1, -0.05) is 43.7 Å². The van der Waals surface area contributed by atoms with E-state index in [1.165, 1.54) is 5.56 Å². The number of benzene rings is 2. The van der Waals surface area contributed by atoms with Gasteiger partial charge in [-0.25, -0.2) is 5.43 Å². The number of hydrogen-bond acceptors (Lipinski definition) is 4. The Morgan fingerprint density at radius 1 is 1.19 bits per heavy atom. The van der Waals surface area contributed by atoms with Gasteiger partial charge in [0.2, 0.25) is 0 Å². The Hall–Kier alpha value is -2.27. The van der Waals surface area contributed by atoms with E-state index in [2.05, 4.69) is 29.6 Å². The molecule has 0 bridgehead atoms. The SMILES string of the molecule is CCCCOc1ccc(/C=N/NC(=O)C(C)SCc2ccccc2)cc1. The van der Waals surface area contributed by atoms with Crippen LogP contribution in [0.3, 0.4) is 0 Å². The zero-order valence-electron chi connectivity index (χ0n) is 15.4. The highest BCUT2D eigenvalue weighted by atomic mass is 32.2. The Bertz CT molecular complexity index is 687. The van der Waals surface area contributed by atoms with Crippen LogP contribution < -0.4 is 10.2 Å². The molecular formula is C21H26N2O2S. The number of nitrogens with zero attached hydrogens (tertiary/aromatic N) is 1. The molecule has 0 radical (unpaired) electrons. The van der Waals surface area contributed by atoms with Crippen LogP contribution in [0.5, 0.6) is 5.75 Å². The summed E-state index contributed by atoms with van der Waals surface area (Å²) >= 11 is 1.59.